The lowest BCUT2D eigenvalue weighted by atomic mass is 10.0. The zero-order valence-electron chi connectivity index (χ0n) is 15.4. The van der Waals surface area contributed by atoms with Crippen LogP contribution in [0.25, 0.3) is 0 Å². The highest BCUT2D eigenvalue weighted by Crippen LogP contribution is 2.31. The first kappa shape index (κ1) is 19.8. The molecule has 2 aromatic carbocycles. The standard InChI is InChI=1S/C20H23ClN2O3/c1-12(2)14-7-5-6-8-16(14)22-19(24)11-20(25)23-17-9-13(3)15(21)10-18(17)26-4/h5-10,12H,11H2,1-4H3,(H,22,24)(H,23,25). The third-order valence-electron chi connectivity index (χ3n) is 3.93. The molecule has 2 amide bonds. The van der Waals surface area contributed by atoms with E-state index in [9.17, 15) is 9.59 Å². The molecule has 26 heavy (non-hydrogen) atoms. The second kappa shape index (κ2) is 8.72. The third-order valence-corrected chi connectivity index (χ3v) is 4.34. The molecule has 5 nitrogen and oxygen atoms in total. The van der Waals surface area contributed by atoms with Crippen LogP contribution in [0.15, 0.2) is 36.4 Å². The van der Waals surface area contributed by atoms with Crippen LogP contribution in [0.4, 0.5) is 11.4 Å². The van der Waals surface area contributed by atoms with Crippen LogP contribution in [-0.2, 0) is 9.59 Å². The van der Waals surface area contributed by atoms with Gasteiger partial charge in [0.2, 0.25) is 11.8 Å². The molecule has 0 unspecified atom stereocenters. The molecule has 6 heteroatoms. The summed E-state index contributed by atoms with van der Waals surface area (Å²) in [5, 5.41) is 6.05. The number of carbonyl (C=O) groups is 2. The smallest absolute Gasteiger partial charge is 0.233 e. The van der Waals surface area contributed by atoms with Gasteiger partial charge < -0.3 is 15.4 Å². The van der Waals surface area contributed by atoms with E-state index in [4.69, 9.17) is 16.3 Å². The molecular formula is C20H23ClN2O3. The van der Waals surface area contributed by atoms with Gasteiger partial charge in [0, 0.05) is 16.8 Å². The first-order valence-electron chi connectivity index (χ1n) is 8.34. The Morgan fingerprint density at radius 2 is 1.69 bits per heavy atom. The molecule has 0 heterocycles. The average molecular weight is 375 g/mol. The number of benzene rings is 2. The van der Waals surface area contributed by atoms with Gasteiger partial charge in [-0.05, 0) is 36.1 Å². The van der Waals surface area contributed by atoms with Crippen molar-refractivity contribution in [3.8, 4) is 5.75 Å². The second-order valence-electron chi connectivity index (χ2n) is 6.32. The Morgan fingerprint density at radius 3 is 2.31 bits per heavy atom. The summed E-state index contributed by atoms with van der Waals surface area (Å²) in [4.78, 5) is 24.5. The zero-order chi connectivity index (χ0) is 19.3. The summed E-state index contributed by atoms with van der Waals surface area (Å²) < 4.78 is 5.23. The van der Waals surface area contributed by atoms with Gasteiger partial charge in [0.15, 0.2) is 0 Å². The van der Waals surface area contributed by atoms with Crippen LogP contribution >= 0.6 is 11.6 Å². The SMILES string of the molecule is COc1cc(Cl)c(C)cc1NC(=O)CC(=O)Nc1ccccc1C(C)C. The largest absolute Gasteiger partial charge is 0.495 e. The molecule has 138 valence electrons. The predicted molar refractivity (Wildman–Crippen MR) is 105 cm³/mol. The van der Waals surface area contributed by atoms with Gasteiger partial charge in [0.25, 0.3) is 0 Å². The molecule has 0 aliphatic rings. The minimum Gasteiger partial charge on any atom is -0.495 e. The highest BCUT2D eigenvalue weighted by Gasteiger charge is 2.15. The van der Waals surface area contributed by atoms with E-state index in [2.05, 4.69) is 10.6 Å². The number of para-hydroxylation sites is 1. The van der Waals surface area contributed by atoms with E-state index in [1.807, 2.05) is 45.0 Å². The van der Waals surface area contributed by atoms with Crippen LogP contribution in [0, 0.1) is 6.92 Å². The summed E-state index contributed by atoms with van der Waals surface area (Å²) in [6.07, 6.45) is -0.294. The third kappa shape index (κ3) is 4.99. The Hall–Kier alpha value is -2.53. The summed E-state index contributed by atoms with van der Waals surface area (Å²) in [7, 11) is 1.49. The van der Waals surface area contributed by atoms with Gasteiger partial charge >= 0.3 is 0 Å². The number of hydrogen-bond donors (Lipinski definition) is 2. The number of halogens is 1. The van der Waals surface area contributed by atoms with Crippen LogP contribution in [0.5, 0.6) is 5.75 Å². The van der Waals surface area contributed by atoms with Crippen molar-refractivity contribution < 1.29 is 14.3 Å². The van der Waals surface area contributed by atoms with Crippen molar-refractivity contribution in [1.82, 2.24) is 0 Å². The molecule has 0 aromatic heterocycles. The first-order chi connectivity index (χ1) is 12.3. The van der Waals surface area contributed by atoms with Crippen molar-refractivity contribution in [3.63, 3.8) is 0 Å². The van der Waals surface area contributed by atoms with Crippen LogP contribution < -0.4 is 15.4 Å². The Kier molecular flexibility index (Phi) is 6.64. The van der Waals surface area contributed by atoms with Gasteiger partial charge in [-0.1, -0.05) is 43.6 Å². The van der Waals surface area contributed by atoms with Gasteiger partial charge in [-0.2, -0.15) is 0 Å². The number of methoxy groups -OCH3 is 1. The topological polar surface area (TPSA) is 67.4 Å². The van der Waals surface area contributed by atoms with Gasteiger partial charge in [-0.3, -0.25) is 9.59 Å². The quantitative estimate of drug-likeness (QED) is 0.717. The van der Waals surface area contributed by atoms with E-state index in [0.29, 0.717) is 16.5 Å². The molecule has 2 N–H and O–H groups in total. The molecule has 2 aromatic rings. The van der Waals surface area contributed by atoms with E-state index in [0.717, 1.165) is 16.8 Å². The summed E-state index contributed by atoms with van der Waals surface area (Å²) in [5.41, 5.74) is 3.03. The maximum atomic E-state index is 12.2. The number of nitrogens with one attached hydrogen (secondary N) is 2. The van der Waals surface area contributed by atoms with Crippen molar-refractivity contribution in [2.24, 2.45) is 0 Å². The van der Waals surface area contributed by atoms with E-state index in [1.54, 1.807) is 12.1 Å². The highest BCUT2D eigenvalue weighted by molar-refractivity contribution is 6.31. The fraction of sp³-hybridized carbons (Fsp3) is 0.300. The fourth-order valence-corrected chi connectivity index (χ4v) is 2.73. The number of aryl methyl sites for hydroxylation is 1. The molecule has 0 fully saturated rings. The monoisotopic (exact) mass is 374 g/mol. The van der Waals surface area contributed by atoms with Crippen LogP contribution in [0.2, 0.25) is 5.02 Å². The molecule has 0 aliphatic heterocycles. The predicted octanol–water partition coefficient (Wildman–Crippen LogP) is 4.75. The molecule has 0 atom stereocenters. The summed E-state index contributed by atoms with van der Waals surface area (Å²) in [6.45, 7) is 5.92. The Balaban J connectivity index is 2.05. The van der Waals surface area contributed by atoms with Crippen molar-refractivity contribution in [3.05, 3.63) is 52.5 Å². The minimum absolute atomic E-state index is 0.265. The zero-order valence-corrected chi connectivity index (χ0v) is 16.1. The van der Waals surface area contributed by atoms with E-state index in [1.165, 1.54) is 7.11 Å². The molecular weight excluding hydrogens is 352 g/mol. The maximum absolute atomic E-state index is 12.2. The summed E-state index contributed by atoms with van der Waals surface area (Å²) in [6, 6.07) is 10.9. The van der Waals surface area contributed by atoms with Crippen molar-refractivity contribution in [2.75, 3.05) is 17.7 Å². The van der Waals surface area contributed by atoms with Crippen LogP contribution in [0.3, 0.4) is 0 Å². The Bertz CT molecular complexity index is 819. The molecule has 0 spiro atoms. The number of anilines is 2. The molecule has 0 saturated heterocycles. The maximum Gasteiger partial charge on any atom is 0.233 e. The molecule has 0 bridgehead atoms. The second-order valence-corrected chi connectivity index (χ2v) is 6.72. The Morgan fingerprint density at radius 1 is 1.08 bits per heavy atom. The number of carbonyl (C=O) groups excluding carboxylic acids is 2. The lowest BCUT2D eigenvalue weighted by Crippen LogP contribution is -2.22. The molecule has 0 radical (unpaired) electrons. The van der Waals surface area contributed by atoms with Gasteiger partial charge in [0.1, 0.15) is 12.2 Å². The lowest BCUT2D eigenvalue weighted by molar-refractivity contribution is -0.123. The molecule has 0 saturated carbocycles. The first-order valence-corrected chi connectivity index (χ1v) is 8.72. The number of rotatable bonds is 6. The summed E-state index contributed by atoms with van der Waals surface area (Å²) >= 11 is 6.06. The highest BCUT2D eigenvalue weighted by atomic mass is 35.5. The van der Waals surface area contributed by atoms with Crippen LogP contribution in [0.1, 0.15) is 37.3 Å². The number of ether oxygens (including phenoxy) is 1. The number of hydrogen-bond acceptors (Lipinski definition) is 3. The van der Waals surface area contributed by atoms with Gasteiger partial charge in [-0.15, -0.1) is 0 Å². The van der Waals surface area contributed by atoms with E-state index in [-0.39, 0.29) is 18.2 Å². The average Bonchev–Trinajstić information content (AvgIpc) is 2.57. The van der Waals surface area contributed by atoms with E-state index >= 15 is 0 Å². The van der Waals surface area contributed by atoms with Gasteiger partial charge in [0.05, 0.1) is 12.8 Å². The normalized spacial score (nSPS) is 10.5. The minimum atomic E-state index is -0.426. The molecule has 2 rings (SSSR count). The van der Waals surface area contributed by atoms with E-state index < -0.39 is 5.91 Å². The van der Waals surface area contributed by atoms with Crippen molar-refractivity contribution in [1.29, 1.82) is 0 Å². The van der Waals surface area contributed by atoms with Crippen molar-refractivity contribution in [2.45, 2.75) is 33.1 Å². The molecule has 0 aliphatic carbocycles. The Labute approximate surface area is 158 Å². The van der Waals surface area contributed by atoms with Crippen molar-refractivity contribution >= 4 is 34.8 Å². The lowest BCUT2D eigenvalue weighted by Gasteiger charge is -2.14. The summed E-state index contributed by atoms with van der Waals surface area (Å²) in [5.74, 6) is -0.0917. The van der Waals surface area contributed by atoms with Gasteiger partial charge in [-0.25, -0.2) is 0 Å². The fourth-order valence-electron chi connectivity index (χ4n) is 2.58. The number of amides is 2. The van der Waals surface area contributed by atoms with Crippen LogP contribution in [-0.4, -0.2) is 18.9 Å².